The number of hydrogen-bond acceptors (Lipinski definition) is 6. The molecule has 0 aromatic carbocycles. The van der Waals surface area contributed by atoms with Crippen LogP contribution in [0, 0.1) is 5.92 Å². The van der Waals surface area contributed by atoms with Gasteiger partial charge < -0.3 is 5.32 Å². The molecule has 2 aromatic rings. The quantitative estimate of drug-likeness (QED) is 0.436. The maximum atomic E-state index is 12.8. The SMILES string of the molecule is CC(C(=O)C1CNC(C(=O)NNc2cccc(Cl)n2)C1)c1ncc(C(F)(F)F)cc1Cl. The molecule has 1 fully saturated rings. The number of ketones is 1. The molecule has 0 aliphatic carbocycles. The first-order valence-corrected chi connectivity index (χ1v) is 10.00. The van der Waals surface area contributed by atoms with Crippen LogP contribution in [0.3, 0.4) is 0 Å². The number of carbonyl (C=O) groups excluding carboxylic acids is 2. The van der Waals surface area contributed by atoms with Crippen LogP contribution in [0.1, 0.15) is 30.5 Å². The standard InChI is InChI=1S/C19H18Cl2F3N5O2/c1-9(16-12(20)6-11(8-26-16)19(22,23)24)17(30)10-5-13(25-7-10)18(31)29-28-15-4-2-3-14(21)27-15/h2-4,6,8-10,13,25H,5,7H2,1H3,(H,27,28)(H,29,31). The molecule has 1 saturated heterocycles. The van der Waals surface area contributed by atoms with Gasteiger partial charge in [-0.05, 0) is 31.5 Å². The van der Waals surface area contributed by atoms with E-state index in [1.165, 1.54) is 6.92 Å². The summed E-state index contributed by atoms with van der Waals surface area (Å²) in [5.41, 5.74) is 4.22. The average Bonchev–Trinajstić information content (AvgIpc) is 3.20. The Balaban J connectivity index is 1.59. The van der Waals surface area contributed by atoms with Crippen molar-refractivity contribution >= 4 is 40.7 Å². The number of anilines is 1. The Bertz CT molecular complexity index is 989. The highest BCUT2D eigenvalue weighted by molar-refractivity contribution is 6.31. The maximum Gasteiger partial charge on any atom is 0.417 e. The van der Waals surface area contributed by atoms with E-state index < -0.39 is 35.5 Å². The minimum Gasteiger partial charge on any atom is -0.305 e. The Kier molecular flexibility index (Phi) is 7.03. The summed E-state index contributed by atoms with van der Waals surface area (Å²) >= 11 is 11.7. The van der Waals surface area contributed by atoms with Gasteiger partial charge in [0, 0.05) is 18.7 Å². The molecule has 3 atom stereocenters. The van der Waals surface area contributed by atoms with Crippen LogP contribution < -0.4 is 16.2 Å². The van der Waals surface area contributed by atoms with Crippen molar-refractivity contribution in [2.24, 2.45) is 5.92 Å². The molecule has 3 N–H and O–H groups in total. The minimum absolute atomic E-state index is 0.0706. The number of alkyl halides is 3. The number of nitrogens with zero attached hydrogens (tertiary/aromatic N) is 2. The molecule has 0 radical (unpaired) electrons. The Morgan fingerprint density at radius 1 is 1.29 bits per heavy atom. The molecular weight excluding hydrogens is 458 g/mol. The van der Waals surface area contributed by atoms with Crippen LogP contribution in [0.2, 0.25) is 10.2 Å². The van der Waals surface area contributed by atoms with E-state index in [1.54, 1.807) is 18.2 Å². The predicted octanol–water partition coefficient (Wildman–Crippen LogP) is 3.60. The fourth-order valence-electron chi connectivity index (χ4n) is 3.25. The number of aromatic nitrogens is 2. The molecule has 0 saturated carbocycles. The second kappa shape index (κ2) is 9.37. The molecular formula is C19H18Cl2F3N5O2. The lowest BCUT2D eigenvalue weighted by atomic mass is 9.89. The average molecular weight is 476 g/mol. The molecule has 3 rings (SSSR count). The van der Waals surface area contributed by atoms with Crippen molar-refractivity contribution in [1.82, 2.24) is 20.7 Å². The molecule has 31 heavy (non-hydrogen) atoms. The highest BCUT2D eigenvalue weighted by Gasteiger charge is 2.37. The highest BCUT2D eigenvalue weighted by Crippen LogP contribution is 2.34. The molecule has 1 aliphatic rings. The van der Waals surface area contributed by atoms with Crippen molar-refractivity contribution in [3.05, 3.63) is 51.9 Å². The van der Waals surface area contributed by atoms with Crippen molar-refractivity contribution < 1.29 is 22.8 Å². The molecule has 2 aromatic heterocycles. The Labute approximate surface area is 185 Å². The Hall–Kier alpha value is -2.43. The van der Waals surface area contributed by atoms with Gasteiger partial charge in [-0.1, -0.05) is 29.3 Å². The molecule has 0 spiro atoms. The van der Waals surface area contributed by atoms with Crippen LogP contribution in [-0.4, -0.2) is 34.2 Å². The third kappa shape index (κ3) is 5.63. The van der Waals surface area contributed by atoms with Crippen molar-refractivity contribution in [3.8, 4) is 0 Å². The number of halogens is 5. The zero-order chi connectivity index (χ0) is 22.8. The van der Waals surface area contributed by atoms with Gasteiger partial charge in [0.25, 0.3) is 5.91 Å². The van der Waals surface area contributed by atoms with Crippen LogP contribution in [-0.2, 0) is 15.8 Å². The van der Waals surface area contributed by atoms with E-state index in [2.05, 4.69) is 26.1 Å². The molecule has 12 heteroatoms. The van der Waals surface area contributed by atoms with Crippen LogP contribution in [0.4, 0.5) is 19.0 Å². The van der Waals surface area contributed by atoms with Crippen LogP contribution in [0.15, 0.2) is 30.5 Å². The summed E-state index contributed by atoms with van der Waals surface area (Å²) < 4.78 is 38.4. The summed E-state index contributed by atoms with van der Waals surface area (Å²) in [6, 6.07) is 4.98. The number of rotatable bonds is 6. The Morgan fingerprint density at radius 2 is 2.03 bits per heavy atom. The predicted molar refractivity (Wildman–Crippen MR) is 109 cm³/mol. The van der Waals surface area contributed by atoms with Crippen LogP contribution in [0.5, 0.6) is 0 Å². The number of carbonyl (C=O) groups is 2. The zero-order valence-corrected chi connectivity index (χ0v) is 17.6. The Morgan fingerprint density at radius 3 is 2.68 bits per heavy atom. The number of amides is 1. The van der Waals surface area contributed by atoms with Gasteiger partial charge >= 0.3 is 6.18 Å². The van der Waals surface area contributed by atoms with E-state index >= 15 is 0 Å². The van der Waals surface area contributed by atoms with Crippen molar-refractivity contribution in [3.63, 3.8) is 0 Å². The number of hydrogen-bond donors (Lipinski definition) is 3. The van der Waals surface area contributed by atoms with Crippen molar-refractivity contribution in [2.75, 3.05) is 12.0 Å². The molecule has 1 amide bonds. The molecule has 1 aliphatic heterocycles. The summed E-state index contributed by atoms with van der Waals surface area (Å²) in [4.78, 5) is 32.9. The lowest BCUT2D eigenvalue weighted by Gasteiger charge is -2.17. The zero-order valence-electron chi connectivity index (χ0n) is 16.1. The topological polar surface area (TPSA) is 96.0 Å². The first-order valence-electron chi connectivity index (χ1n) is 9.24. The minimum atomic E-state index is -4.58. The number of Topliss-reactive ketones (excluding diaryl/α,β-unsaturated/α-hetero) is 1. The van der Waals surface area contributed by atoms with Gasteiger partial charge in [0.15, 0.2) is 0 Å². The summed E-state index contributed by atoms with van der Waals surface area (Å²) in [6.45, 7) is 1.78. The van der Waals surface area contributed by atoms with Gasteiger partial charge in [0.2, 0.25) is 0 Å². The van der Waals surface area contributed by atoms with E-state index in [9.17, 15) is 22.8 Å². The number of hydrazine groups is 1. The largest absolute Gasteiger partial charge is 0.417 e. The van der Waals surface area contributed by atoms with E-state index in [-0.39, 0.29) is 34.6 Å². The normalized spacial score (nSPS) is 19.7. The fourth-order valence-corrected chi connectivity index (χ4v) is 3.75. The van der Waals surface area contributed by atoms with Gasteiger partial charge in [-0.25, -0.2) is 4.98 Å². The van der Waals surface area contributed by atoms with Crippen LogP contribution >= 0.6 is 23.2 Å². The molecule has 166 valence electrons. The number of pyridine rings is 2. The molecule has 3 heterocycles. The summed E-state index contributed by atoms with van der Waals surface area (Å²) in [7, 11) is 0. The second-order valence-corrected chi connectivity index (χ2v) is 7.86. The van der Waals surface area contributed by atoms with E-state index in [0.717, 1.165) is 6.07 Å². The fraction of sp³-hybridized carbons (Fsp3) is 0.368. The number of nitrogens with one attached hydrogen (secondary N) is 3. The lowest BCUT2D eigenvalue weighted by Crippen LogP contribution is -2.43. The summed E-state index contributed by atoms with van der Waals surface area (Å²) in [5, 5.41) is 2.99. The third-order valence-corrected chi connectivity index (χ3v) is 5.43. The first kappa shape index (κ1) is 23.2. The summed E-state index contributed by atoms with van der Waals surface area (Å²) in [5.74, 6) is -1.65. The highest BCUT2D eigenvalue weighted by atomic mass is 35.5. The monoisotopic (exact) mass is 475 g/mol. The van der Waals surface area contributed by atoms with Gasteiger partial charge in [0.1, 0.15) is 16.8 Å². The second-order valence-electron chi connectivity index (χ2n) is 7.07. The first-order chi connectivity index (χ1) is 14.6. The van der Waals surface area contributed by atoms with Gasteiger partial charge in [-0.3, -0.25) is 25.4 Å². The molecule has 0 bridgehead atoms. The van der Waals surface area contributed by atoms with Crippen molar-refractivity contribution in [2.45, 2.75) is 31.5 Å². The summed E-state index contributed by atoms with van der Waals surface area (Å²) in [6.07, 6.45) is -3.70. The van der Waals surface area contributed by atoms with E-state index in [1.807, 2.05) is 0 Å². The molecule has 3 unspecified atom stereocenters. The lowest BCUT2D eigenvalue weighted by molar-refractivity contribution is -0.137. The van der Waals surface area contributed by atoms with Crippen molar-refractivity contribution in [1.29, 1.82) is 0 Å². The maximum absolute atomic E-state index is 12.8. The van der Waals surface area contributed by atoms with Gasteiger partial charge in [-0.2, -0.15) is 13.2 Å². The third-order valence-electron chi connectivity index (χ3n) is 4.91. The van der Waals surface area contributed by atoms with Gasteiger partial charge in [0.05, 0.1) is 28.2 Å². The van der Waals surface area contributed by atoms with Gasteiger partial charge in [-0.15, -0.1) is 0 Å². The smallest absolute Gasteiger partial charge is 0.305 e. The van der Waals surface area contributed by atoms with Crippen LogP contribution in [0.25, 0.3) is 0 Å². The van der Waals surface area contributed by atoms with E-state index in [0.29, 0.717) is 12.0 Å². The van der Waals surface area contributed by atoms with E-state index in [4.69, 9.17) is 23.2 Å². The molecule has 7 nitrogen and oxygen atoms in total.